The highest BCUT2D eigenvalue weighted by Crippen LogP contribution is 2.10. The summed E-state index contributed by atoms with van der Waals surface area (Å²) < 4.78 is 5.08. The predicted octanol–water partition coefficient (Wildman–Crippen LogP) is 0.0207. The Hall–Kier alpha value is -2.37. The molecule has 1 aromatic carbocycles. The molecule has 3 N–H and O–H groups in total. The fourth-order valence-corrected chi connectivity index (χ4v) is 1.00. The summed E-state index contributed by atoms with van der Waals surface area (Å²) >= 11 is 0. The lowest BCUT2D eigenvalue weighted by molar-refractivity contribution is -0.120. The van der Waals surface area contributed by atoms with Crippen molar-refractivity contribution in [2.45, 2.75) is 6.92 Å². The zero-order chi connectivity index (χ0) is 12.7. The highest BCUT2D eigenvalue weighted by molar-refractivity contribution is 5.81. The zero-order valence-electron chi connectivity index (χ0n) is 9.34. The Bertz CT molecular complexity index is 426. The molecule has 0 fully saturated rings. The van der Waals surface area contributed by atoms with E-state index in [-0.39, 0.29) is 12.5 Å². The molecule has 17 heavy (non-hydrogen) atoms. The lowest BCUT2D eigenvalue weighted by atomic mass is 10.2. The molecular formula is C11H13N3O3. The van der Waals surface area contributed by atoms with Crippen LogP contribution >= 0.6 is 0 Å². The van der Waals surface area contributed by atoms with Crippen molar-refractivity contribution in [3.63, 3.8) is 0 Å². The van der Waals surface area contributed by atoms with Gasteiger partial charge in [0.2, 0.25) is 5.91 Å². The van der Waals surface area contributed by atoms with Crippen LogP contribution in [0.1, 0.15) is 12.5 Å². The number of nitrogens with two attached hydrogens (primary N) is 1. The number of carbonyl (C=O) groups excluding carboxylic acids is 2. The maximum Gasteiger partial charge on any atom is 0.255 e. The number of nitrogens with one attached hydrogen (secondary N) is 1. The van der Waals surface area contributed by atoms with Crippen LogP contribution in [0, 0.1) is 0 Å². The van der Waals surface area contributed by atoms with Gasteiger partial charge in [-0.2, -0.15) is 5.10 Å². The van der Waals surface area contributed by atoms with Gasteiger partial charge in [0.05, 0.1) is 6.21 Å². The van der Waals surface area contributed by atoms with Crippen LogP contribution in [-0.4, -0.2) is 24.6 Å². The maximum absolute atomic E-state index is 10.5. The molecule has 0 saturated carbocycles. The molecule has 0 unspecified atom stereocenters. The van der Waals surface area contributed by atoms with Crippen LogP contribution in [0.5, 0.6) is 5.75 Å². The molecule has 0 atom stereocenters. The first-order chi connectivity index (χ1) is 8.08. The van der Waals surface area contributed by atoms with Gasteiger partial charge in [-0.25, -0.2) is 5.43 Å². The van der Waals surface area contributed by atoms with Crippen molar-refractivity contribution in [3.05, 3.63) is 29.8 Å². The van der Waals surface area contributed by atoms with Gasteiger partial charge in [-0.1, -0.05) is 0 Å². The van der Waals surface area contributed by atoms with Crippen LogP contribution in [-0.2, 0) is 9.59 Å². The van der Waals surface area contributed by atoms with Gasteiger partial charge in [-0.05, 0) is 29.8 Å². The fraction of sp³-hybridized carbons (Fsp3) is 0.182. The van der Waals surface area contributed by atoms with E-state index in [9.17, 15) is 9.59 Å². The fourth-order valence-electron chi connectivity index (χ4n) is 1.00. The third-order valence-corrected chi connectivity index (χ3v) is 1.70. The first-order valence-electron chi connectivity index (χ1n) is 4.89. The minimum atomic E-state index is -0.527. The van der Waals surface area contributed by atoms with Gasteiger partial charge in [0.25, 0.3) is 5.91 Å². The molecule has 0 aromatic heterocycles. The van der Waals surface area contributed by atoms with E-state index in [1.165, 1.54) is 13.1 Å². The minimum Gasteiger partial charge on any atom is -0.484 e. The molecule has 0 bridgehead atoms. The first kappa shape index (κ1) is 12.7. The molecule has 6 nitrogen and oxygen atoms in total. The van der Waals surface area contributed by atoms with E-state index in [4.69, 9.17) is 10.5 Å². The van der Waals surface area contributed by atoms with Gasteiger partial charge in [0.15, 0.2) is 6.61 Å². The third-order valence-electron chi connectivity index (χ3n) is 1.70. The normalized spacial score (nSPS) is 10.2. The third kappa shape index (κ3) is 5.31. The second-order valence-corrected chi connectivity index (χ2v) is 3.25. The number of hydrogen-bond acceptors (Lipinski definition) is 4. The summed E-state index contributed by atoms with van der Waals surface area (Å²) in [5.74, 6) is -0.218. The molecule has 0 aliphatic carbocycles. The highest BCUT2D eigenvalue weighted by Gasteiger charge is 1.97. The summed E-state index contributed by atoms with van der Waals surface area (Å²) in [5.41, 5.74) is 8.02. The summed E-state index contributed by atoms with van der Waals surface area (Å²) in [7, 11) is 0. The Morgan fingerprint density at radius 2 is 2.06 bits per heavy atom. The topological polar surface area (TPSA) is 93.8 Å². The summed E-state index contributed by atoms with van der Waals surface area (Å²) in [6.07, 6.45) is 1.50. The van der Waals surface area contributed by atoms with Crippen molar-refractivity contribution < 1.29 is 14.3 Å². The van der Waals surface area contributed by atoms with Gasteiger partial charge in [-0.3, -0.25) is 9.59 Å². The molecule has 0 aliphatic rings. The number of amides is 2. The number of hydrazone groups is 1. The van der Waals surface area contributed by atoms with Crippen molar-refractivity contribution in [1.29, 1.82) is 0 Å². The van der Waals surface area contributed by atoms with E-state index in [0.29, 0.717) is 5.75 Å². The van der Waals surface area contributed by atoms with Gasteiger partial charge in [-0.15, -0.1) is 0 Å². The number of primary amides is 1. The Labute approximate surface area is 98.4 Å². The van der Waals surface area contributed by atoms with E-state index in [1.807, 2.05) is 0 Å². The van der Waals surface area contributed by atoms with Gasteiger partial charge >= 0.3 is 0 Å². The molecule has 0 spiro atoms. The average Bonchev–Trinajstić information content (AvgIpc) is 2.27. The van der Waals surface area contributed by atoms with E-state index < -0.39 is 5.91 Å². The highest BCUT2D eigenvalue weighted by atomic mass is 16.5. The molecule has 90 valence electrons. The van der Waals surface area contributed by atoms with Crippen molar-refractivity contribution >= 4 is 18.0 Å². The molecule has 1 rings (SSSR count). The van der Waals surface area contributed by atoms with Crippen LogP contribution in [0.25, 0.3) is 0 Å². The quantitative estimate of drug-likeness (QED) is 0.556. The summed E-state index contributed by atoms with van der Waals surface area (Å²) in [4.78, 5) is 21.0. The number of ether oxygens (including phenoxy) is 1. The van der Waals surface area contributed by atoms with Crippen molar-refractivity contribution in [3.8, 4) is 5.75 Å². The predicted molar refractivity (Wildman–Crippen MR) is 62.5 cm³/mol. The Morgan fingerprint density at radius 3 is 2.59 bits per heavy atom. The smallest absolute Gasteiger partial charge is 0.255 e. The number of benzene rings is 1. The minimum absolute atomic E-state index is 0.153. The SMILES string of the molecule is CC(=O)N/N=C/c1ccc(OCC(N)=O)cc1. The van der Waals surface area contributed by atoms with Gasteiger partial charge in [0, 0.05) is 6.92 Å². The van der Waals surface area contributed by atoms with E-state index >= 15 is 0 Å². The molecule has 0 heterocycles. The van der Waals surface area contributed by atoms with Crippen LogP contribution in [0.4, 0.5) is 0 Å². The number of rotatable bonds is 5. The van der Waals surface area contributed by atoms with Gasteiger partial charge in [0.1, 0.15) is 5.75 Å². The van der Waals surface area contributed by atoms with Crippen molar-refractivity contribution in [2.24, 2.45) is 10.8 Å². The second kappa shape index (κ2) is 6.26. The summed E-state index contributed by atoms with van der Waals surface area (Å²) in [6.45, 7) is 1.22. The standard InChI is InChI=1S/C11H13N3O3/c1-8(15)14-13-6-9-2-4-10(5-3-9)17-7-11(12)16/h2-6H,7H2,1H3,(H2,12,16)(H,14,15)/b13-6+. The van der Waals surface area contributed by atoms with Crippen LogP contribution in [0.2, 0.25) is 0 Å². The molecule has 1 aromatic rings. The van der Waals surface area contributed by atoms with Gasteiger partial charge < -0.3 is 10.5 Å². The molecule has 2 amide bonds. The molecule has 6 heteroatoms. The van der Waals surface area contributed by atoms with E-state index in [1.54, 1.807) is 24.3 Å². The van der Waals surface area contributed by atoms with E-state index in [0.717, 1.165) is 5.56 Å². The number of hydrogen-bond donors (Lipinski definition) is 2. The largest absolute Gasteiger partial charge is 0.484 e. The Balaban J connectivity index is 2.52. The molecular weight excluding hydrogens is 222 g/mol. The average molecular weight is 235 g/mol. The molecule has 0 aliphatic heterocycles. The molecule has 0 radical (unpaired) electrons. The zero-order valence-corrected chi connectivity index (χ0v) is 9.34. The second-order valence-electron chi connectivity index (χ2n) is 3.25. The lowest BCUT2D eigenvalue weighted by Crippen LogP contribution is -2.19. The Morgan fingerprint density at radius 1 is 1.41 bits per heavy atom. The van der Waals surface area contributed by atoms with E-state index in [2.05, 4.69) is 10.5 Å². The van der Waals surface area contributed by atoms with Crippen LogP contribution < -0.4 is 15.9 Å². The number of nitrogens with zero attached hydrogens (tertiary/aromatic N) is 1. The Kier molecular flexibility index (Phi) is 4.68. The lowest BCUT2D eigenvalue weighted by Gasteiger charge is -2.03. The first-order valence-corrected chi connectivity index (χ1v) is 4.89. The van der Waals surface area contributed by atoms with Crippen LogP contribution in [0.3, 0.4) is 0 Å². The van der Waals surface area contributed by atoms with Crippen LogP contribution in [0.15, 0.2) is 29.4 Å². The monoisotopic (exact) mass is 235 g/mol. The summed E-state index contributed by atoms with van der Waals surface area (Å²) in [5, 5.41) is 3.71. The summed E-state index contributed by atoms with van der Waals surface area (Å²) in [6, 6.07) is 6.83. The molecule has 0 saturated heterocycles. The maximum atomic E-state index is 10.5. The van der Waals surface area contributed by atoms with Crippen molar-refractivity contribution in [2.75, 3.05) is 6.61 Å². The van der Waals surface area contributed by atoms with Crippen molar-refractivity contribution in [1.82, 2.24) is 5.43 Å². The number of carbonyl (C=O) groups is 2.